The molecule has 2 N–H and O–H groups in total. The van der Waals surface area contributed by atoms with Crippen LogP contribution in [-0.4, -0.2) is 47.2 Å². The molecule has 3 aliphatic rings. The largest absolute Gasteiger partial charge is 0.341 e. The summed E-state index contributed by atoms with van der Waals surface area (Å²) in [4.78, 5) is 31.4. The summed E-state index contributed by atoms with van der Waals surface area (Å²) in [7, 11) is 0. The van der Waals surface area contributed by atoms with Gasteiger partial charge in [-0.3, -0.25) is 19.9 Å². The van der Waals surface area contributed by atoms with Crippen LogP contribution in [0.25, 0.3) is 0 Å². The van der Waals surface area contributed by atoms with Crippen LogP contribution in [0.3, 0.4) is 0 Å². The van der Waals surface area contributed by atoms with Crippen molar-refractivity contribution in [3.8, 4) is 0 Å². The van der Waals surface area contributed by atoms with Gasteiger partial charge in [0.25, 0.3) is 5.91 Å². The van der Waals surface area contributed by atoms with Crippen LogP contribution in [0.15, 0.2) is 35.3 Å². The second-order valence-corrected chi connectivity index (χ2v) is 7.27. The number of amidine groups is 1. The number of piperidine rings is 1. The van der Waals surface area contributed by atoms with Gasteiger partial charge in [-0.05, 0) is 38.2 Å². The van der Waals surface area contributed by atoms with Crippen molar-refractivity contribution in [3.05, 3.63) is 35.9 Å². The molecule has 4 rings (SSSR count). The molecule has 0 aliphatic carbocycles. The Morgan fingerprint density at radius 2 is 1.88 bits per heavy atom. The van der Waals surface area contributed by atoms with Gasteiger partial charge in [0.1, 0.15) is 11.4 Å². The van der Waals surface area contributed by atoms with Gasteiger partial charge < -0.3 is 10.2 Å². The van der Waals surface area contributed by atoms with Crippen molar-refractivity contribution < 1.29 is 9.59 Å². The average molecular weight is 377 g/mol. The maximum Gasteiger partial charge on any atom is 0.253 e. The zero-order valence-electron chi connectivity index (χ0n) is 14.9. The maximum absolute atomic E-state index is 12.9. The first kappa shape index (κ1) is 18.9. The topological polar surface area (TPSA) is 73.8 Å². The third kappa shape index (κ3) is 3.35. The minimum atomic E-state index is -0.642. The molecule has 3 heterocycles. The molecule has 0 saturated carbocycles. The lowest BCUT2D eigenvalue weighted by molar-refractivity contribution is -0.137. The van der Waals surface area contributed by atoms with Crippen LogP contribution in [0.1, 0.15) is 44.2 Å². The maximum atomic E-state index is 12.9. The smallest absolute Gasteiger partial charge is 0.253 e. The molecular weight excluding hydrogens is 352 g/mol. The number of aliphatic imine (C=N–C) groups is 1. The summed E-state index contributed by atoms with van der Waals surface area (Å²) in [6.45, 7) is 3.00. The van der Waals surface area contributed by atoms with E-state index >= 15 is 0 Å². The fraction of sp³-hybridized carbons (Fsp3) is 0.526. The van der Waals surface area contributed by atoms with Gasteiger partial charge in [0.2, 0.25) is 5.91 Å². The molecule has 3 aliphatic heterocycles. The van der Waals surface area contributed by atoms with E-state index in [4.69, 9.17) is 0 Å². The number of benzene rings is 1. The van der Waals surface area contributed by atoms with Gasteiger partial charge in [-0.15, -0.1) is 12.4 Å². The number of hydrogen-bond donors (Lipinski definition) is 2. The zero-order valence-corrected chi connectivity index (χ0v) is 15.7. The lowest BCUT2D eigenvalue weighted by Crippen LogP contribution is -2.53. The fourth-order valence-electron chi connectivity index (χ4n) is 4.22. The normalized spacial score (nSPS) is 27.0. The highest BCUT2D eigenvalue weighted by atomic mass is 35.5. The summed E-state index contributed by atoms with van der Waals surface area (Å²) in [6.07, 6.45) is 3.05. The SMILES string of the molecule is CC1=NC2(CCN(C(=O)[C@H]3CC[C@H](c4ccccc4)N3)CC2)C(=O)N1.Cl. The molecule has 2 amide bonds. The highest BCUT2D eigenvalue weighted by molar-refractivity contribution is 6.07. The van der Waals surface area contributed by atoms with Crippen molar-refractivity contribution in [2.45, 2.75) is 50.2 Å². The first-order chi connectivity index (χ1) is 12.1. The fourth-order valence-corrected chi connectivity index (χ4v) is 4.22. The van der Waals surface area contributed by atoms with Crippen LogP contribution in [0.2, 0.25) is 0 Å². The molecule has 2 saturated heterocycles. The predicted molar refractivity (Wildman–Crippen MR) is 102 cm³/mol. The first-order valence-electron chi connectivity index (χ1n) is 9.05. The standard InChI is InChI=1S/C19H24N4O2.ClH/c1-13-20-18(25)19(22-13)9-11-23(12-10-19)17(24)16-8-7-15(21-16)14-5-3-2-4-6-14;/h2-6,15-16,21H,7-12H2,1H3,(H,20,22,25);1H/t15-,16-;/m1./s1. The molecule has 1 aromatic rings. The number of carbonyl (C=O) groups excluding carboxylic acids is 2. The predicted octanol–water partition coefficient (Wildman–Crippen LogP) is 1.81. The molecule has 1 spiro atoms. The number of hydrogen-bond acceptors (Lipinski definition) is 4. The average Bonchev–Trinajstić information content (AvgIpc) is 3.21. The second kappa shape index (κ2) is 7.37. The molecule has 0 aromatic heterocycles. The van der Waals surface area contributed by atoms with Gasteiger partial charge in [0.15, 0.2) is 0 Å². The Bertz CT molecular complexity index is 714. The summed E-state index contributed by atoms with van der Waals surface area (Å²) in [6, 6.07) is 10.4. The zero-order chi connectivity index (χ0) is 17.4. The molecule has 6 nitrogen and oxygen atoms in total. The van der Waals surface area contributed by atoms with Gasteiger partial charge in [-0.2, -0.15) is 0 Å². The number of carbonyl (C=O) groups is 2. The van der Waals surface area contributed by atoms with Crippen LogP contribution in [0.4, 0.5) is 0 Å². The summed E-state index contributed by atoms with van der Waals surface area (Å²) in [5.41, 5.74) is 0.596. The van der Waals surface area contributed by atoms with Crippen molar-refractivity contribution >= 4 is 30.1 Å². The third-order valence-electron chi connectivity index (χ3n) is 5.65. The number of nitrogens with one attached hydrogen (secondary N) is 2. The van der Waals surface area contributed by atoms with Gasteiger partial charge in [-0.25, -0.2) is 0 Å². The van der Waals surface area contributed by atoms with Gasteiger partial charge in [0, 0.05) is 19.1 Å². The Labute approximate surface area is 159 Å². The van der Waals surface area contributed by atoms with Crippen molar-refractivity contribution in [3.63, 3.8) is 0 Å². The van der Waals surface area contributed by atoms with E-state index in [-0.39, 0.29) is 36.3 Å². The Hall–Kier alpha value is -1.92. The second-order valence-electron chi connectivity index (χ2n) is 7.27. The summed E-state index contributed by atoms with van der Waals surface area (Å²) in [5.74, 6) is 0.834. The van der Waals surface area contributed by atoms with Crippen LogP contribution in [0, 0.1) is 0 Å². The first-order valence-corrected chi connectivity index (χ1v) is 9.05. The Balaban J connectivity index is 0.00000196. The van der Waals surface area contributed by atoms with Crippen LogP contribution in [-0.2, 0) is 9.59 Å². The van der Waals surface area contributed by atoms with Crippen molar-refractivity contribution in [2.75, 3.05) is 13.1 Å². The van der Waals surface area contributed by atoms with Gasteiger partial charge >= 0.3 is 0 Å². The molecule has 0 bridgehead atoms. The molecular formula is C19H25ClN4O2. The molecule has 2 atom stereocenters. The molecule has 26 heavy (non-hydrogen) atoms. The number of likely N-dealkylation sites (tertiary alicyclic amines) is 1. The number of halogens is 1. The molecule has 7 heteroatoms. The molecule has 0 radical (unpaired) electrons. The van der Waals surface area contributed by atoms with E-state index in [9.17, 15) is 9.59 Å². The monoisotopic (exact) mass is 376 g/mol. The van der Waals surface area contributed by atoms with Crippen molar-refractivity contribution in [1.82, 2.24) is 15.5 Å². The van der Waals surface area contributed by atoms with Crippen LogP contribution < -0.4 is 10.6 Å². The lowest BCUT2D eigenvalue weighted by Gasteiger charge is -2.36. The lowest BCUT2D eigenvalue weighted by atomic mass is 9.87. The molecule has 1 aromatic carbocycles. The van der Waals surface area contributed by atoms with Crippen molar-refractivity contribution in [1.29, 1.82) is 0 Å². The van der Waals surface area contributed by atoms with E-state index in [1.54, 1.807) is 0 Å². The Kier molecular flexibility index (Phi) is 5.34. The van der Waals surface area contributed by atoms with E-state index in [0.717, 1.165) is 12.8 Å². The molecule has 2 fully saturated rings. The minimum absolute atomic E-state index is 0. The quantitative estimate of drug-likeness (QED) is 0.826. The van der Waals surface area contributed by atoms with E-state index in [0.29, 0.717) is 31.8 Å². The van der Waals surface area contributed by atoms with Crippen molar-refractivity contribution in [2.24, 2.45) is 4.99 Å². The number of nitrogens with zero attached hydrogens (tertiary/aromatic N) is 2. The van der Waals surface area contributed by atoms with E-state index < -0.39 is 5.54 Å². The molecule has 140 valence electrons. The third-order valence-corrected chi connectivity index (χ3v) is 5.65. The Morgan fingerprint density at radius 3 is 2.50 bits per heavy atom. The van der Waals surface area contributed by atoms with Crippen LogP contribution >= 0.6 is 12.4 Å². The number of rotatable bonds is 2. The van der Waals surface area contributed by atoms with E-state index in [1.807, 2.05) is 30.0 Å². The molecule has 0 unspecified atom stereocenters. The number of amides is 2. The minimum Gasteiger partial charge on any atom is -0.341 e. The van der Waals surface area contributed by atoms with Gasteiger partial charge in [-0.1, -0.05) is 30.3 Å². The van der Waals surface area contributed by atoms with Gasteiger partial charge in [0.05, 0.1) is 6.04 Å². The van der Waals surface area contributed by atoms with E-state index in [1.165, 1.54) is 5.56 Å². The summed E-state index contributed by atoms with van der Waals surface area (Å²) < 4.78 is 0. The Morgan fingerprint density at radius 1 is 1.19 bits per heavy atom. The highest BCUT2D eigenvalue weighted by Gasteiger charge is 2.46. The van der Waals surface area contributed by atoms with E-state index in [2.05, 4.69) is 27.8 Å². The summed E-state index contributed by atoms with van der Waals surface area (Å²) >= 11 is 0. The summed E-state index contributed by atoms with van der Waals surface area (Å²) in [5, 5.41) is 6.28. The highest BCUT2D eigenvalue weighted by Crippen LogP contribution is 2.32. The van der Waals surface area contributed by atoms with Crippen LogP contribution in [0.5, 0.6) is 0 Å².